The Labute approximate surface area is 138 Å². The Hall–Kier alpha value is -2.35. The molecule has 0 aromatic heterocycles. The molecule has 2 heteroatoms. The number of benzene rings is 2. The molecule has 0 spiro atoms. The second kappa shape index (κ2) is 8.94. The van der Waals surface area contributed by atoms with Gasteiger partial charge in [-0.25, -0.2) is 4.79 Å². The quantitative estimate of drug-likeness (QED) is 0.486. The second-order valence-electron chi connectivity index (χ2n) is 5.60. The van der Waals surface area contributed by atoms with Crippen LogP contribution in [0.5, 0.6) is 5.75 Å². The average Bonchev–Trinajstić information content (AvgIpc) is 2.57. The predicted molar refractivity (Wildman–Crippen MR) is 95.8 cm³/mol. The SMILES string of the molecule is CCC/C=C/c1ccc(OC(=O)c2ccc(CCC)cc2)cc1. The Morgan fingerprint density at radius 3 is 2.26 bits per heavy atom. The molecule has 0 fully saturated rings. The van der Waals surface area contributed by atoms with Crippen LogP contribution in [0, 0.1) is 0 Å². The number of hydrogen-bond acceptors (Lipinski definition) is 2. The third kappa shape index (κ3) is 5.41. The summed E-state index contributed by atoms with van der Waals surface area (Å²) in [6.07, 6.45) is 8.58. The van der Waals surface area contributed by atoms with Crippen LogP contribution in [0.2, 0.25) is 0 Å². The van der Waals surface area contributed by atoms with Gasteiger partial charge in [0.1, 0.15) is 5.75 Å². The Kier molecular flexibility index (Phi) is 6.61. The minimum absolute atomic E-state index is 0.317. The van der Waals surface area contributed by atoms with Gasteiger partial charge in [-0.05, 0) is 48.2 Å². The lowest BCUT2D eigenvalue weighted by molar-refractivity contribution is 0.0735. The second-order valence-corrected chi connectivity index (χ2v) is 5.60. The molecule has 0 unspecified atom stereocenters. The highest BCUT2D eigenvalue weighted by Gasteiger charge is 2.08. The summed E-state index contributed by atoms with van der Waals surface area (Å²) in [5, 5.41) is 0. The number of carbonyl (C=O) groups excluding carboxylic acids is 1. The van der Waals surface area contributed by atoms with Crippen LogP contribution in [0.1, 0.15) is 54.6 Å². The van der Waals surface area contributed by atoms with E-state index < -0.39 is 0 Å². The fraction of sp³-hybridized carbons (Fsp3) is 0.286. The van der Waals surface area contributed by atoms with Crippen molar-refractivity contribution in [1.82, 2.24) is 0 Å². The van der Waals surface area contributed by atoms with Crippen molar-refractivity contribution in [2.24, 2.45) is 0 Å². The van der Waals surface area contributed by atoms with E-state index in [0.717, 1.165) is 31.2 Å². The smallest absolute Gasteiger partial charge is 0.343 e. The van der Waals surface area contributed by atoms with Gasteiger partial charge in [0.15, 0.2) is 0 Å². The van der Waals surface area contributed by atoms with Crippen LogP contribution >= 0.6 is 0 Å². The number of unbranched alkanes of at least 4 members (excludes halogenated alkanes) is 1. The van der Waals surface area contributed by atoms with Crippen molar-refractivity contribution in [3.63, 3.8) is 0 Å². The van der Waals surface area contributed by atoms with Gasteiger partial charge < -0.3 is 4.74 Å². The zero-order chi connectivity index (χ0) is 16.5. The summed E-state index contributed by atoms with van der Waals surface area (Å²) in [4.78, 5) is 12.1. The number of ether oxygens (including phenoxy) is 1. The van der Waals surface area contributed by atoms with E-state index in [2.05, 4.69) is 26.0 Å². The first-order valence-electron chi connectivity index (χ1n) is 8.30. The molecule has 120 valence electrons. The highest BCUT2D eigenvalue weighted by atomic mass is 16.5. The molecular weight excluding hydrogens is 284 g/mol. The first-order valence-corrected chi connectivity index (χ1v) is 8.30. The Bertz CT molecular complexity index is 637. The summed E-state index contributed by atoms with van der Waals surface area (Å²) >= 11 is 0. The van der Waals surface area contributed by atoms with E-state index in [-0.39, 0.29) is 5.97 Å². The van der Waals surface area contributed by atoms with E-state index >= 15 is 0 Å². The van der Waals surface area contributed by atoms with E-state index in [1.54, 1.807) is 0 Å². The summed E-state index contributed by atoms with van der Waals surface area (Å²) in [5.74, 6) is 0.252. The van der Waals surface area contributed by atoms with E-state index in [4.69, 9.17) is 4.74 Å². The minimum atomic E-state index is -0.317. The van der Waals surface area contributed by atoms with Crippen molar-refractivity contribution in [3.8, 4) is 5.75 Å². The molecule has 0 aliphatic heterocycles. The van der Waals surface area contributed by atoms with Gasteiger partial charge in [-0.15, -0.1) is 0 Å². The van der Waals surface area contributed by atoms with Crippen LogP contribution in [0.15, 0.2) is 54.6 Å². The standard InChI is InChI=1S/C21H24O2/c1-3-5-6-8-18-11-15-20(16-12-18)23-21(22)19-13-9-17(7-4-2)10-14-19/h6,8-16H,3-5,7H2,1-2H3/b8-6+. The molecule has 0 aliphatic rings. The molecule has 2 nitrogen and oxygen atoms in total. The summed E-state index contributed by atoms with van der Waals surface area (Å²) in [6, 6.07) is 15.2. The molecule has 0 heterocycles. The summed E-state index contributed by atoms with van der Waals surface area (Å²) in [6.45, 7) is 4.30. The van der Waals surface area contributed by atoms with Crippen molar-refractivity contribution < 1.29 is 9.53 Å². The number of esters is 1. The number of carbonyl (C=O) groups is 1. The van der Waals surface area contributed by atoms with E-state index in [9.17, 15) is 4.79 Å². The summed E-state index contributed by atoms with van der Waals surface area (Å²) < 4.78 is 5.42. The van der Waals surface area contributed by atoms with Gasteiger partial charge in [0, 0.05) is 0 Å². The molecule has 0 saturated heterocycles. The number of allylic oxidation sites excluding steroid dienone is 1. The maximum absolute atomic E-state index is 12.1. The molecule has 0 N–H and O–H groups in total. The van der Waals surface area contributed by atoms with Gasteiger partial charge in [0.25, 0.3) is 0 Å². The summed E-state index contributed by atoms with van der Waals surface area (Å²) in [5.41, 5.74) is 2.94. The Morgan fingerprint density at radius 2 is 1.65 bits per heavy atom. The van der Waals surface area contributed by atoms with Crippen LogP contribution in [0.4, 0.5) is 0 Å². The number of rotatable bonds is 7. The lowest BCUT2D eigenvalue weighted by Crippen LogP contribution is -2.08. The first-order chi connectivity index (χ1) is 11.2. The van der Waals surface area contributed by atoms with E-state index in [1.165, 1.54) is 5.56 Å². The Morgan fingerprint density at radius 1 is 0.957 bits per heavy atom. The highest BCUT2D eigenvalue weighted by molar-refractivity contribution is 5.91. The van der Waals surface area contributed by atoms with Gasteiger partial charge in [-0.3, -0.25) is 0 Å². The molecule has 23 heavy (non-hydrogen) atoms. The zero-order valence-electron chi connectivity index (χ0n) is 13.9. The molecule has 0 bridgehead atoms. The Balaban J connectivity index is 1.96. The highest BCUT2D eigenvalue weighted by Crippen LogP contribution is 2.16. The van der Waals surface area contributed by atoms with E-state index in [1.807, 2.05) is 48.5 Å². The third-order valence-corrected chi connectivity index (χ3v) is 3.58. The third-order valence-electron chi connectivity index (χ3n) is 3.58. The number of hydrogen-bond donors (Lipinski definition) is 0. The van der Waals surface area contributed by atoms with Crippen LogP contribution < -0.4 is 4.74 Å². The van der Waals surface area contributed by atoms with Crippen molar-refractivity contribution in [2.45, 2.75) is 39.5 Å². The molecule has 2 rings (SSSR count). The maximum Gasteiger partial charge on any atom is 0.343 e. The number of aryl methyl sites for hydroxylation is 1. The molecule has 0 aliphatic carbocycles. The maximum atomic E-state index is 12.1. The lowest BCUT2D eigenvalue weighted by Gasteiger charge is -2.05. The lowest BCUT2D eigenvalue weighted by atomic mass is 10.1. The molecule has 2 aromatic carbocycles. The van der Waals surface area contributed by atoms with Crippen LogP contribution in [-0.4, -0.2) is 5.97 Å². The molecule has 0 atom stereocenters. The van der Waals surface area contributed by atoms with Crippen molar-refractivity contribution >= 4 is 12.0 Å². The molecular formula is C21H24O2. The van der Waals surface area contributed by atoms with Gasteiger partial charge >= 0.3 is 5.97 Å². The topological polar surface area (TPSA) is 26.3 Å². The van der Waals surface area contributed by atoms with Crippen molar-refractivity contribution in [2.75, 3.05) is 0 Å². The van der Waals surface area contributed by atoms with Crippen LogP contribution in [0.25, 0.3) is 6.08 Å². The first kappa shape index (κ1) is 17.0. The minimum Gasteiger partial charge on any atom is -0.423 e. The molecule has 0 saturated carbocycles. The largest absolute Gasteiger partial charge is 0.423 e. The normalized spacial score (nSPS) is 10.9. The van der Waals surface area contributed by atoms with Gasteiger partial charge in [0.05, 0.1) is 5.56 Å². The monoisotopic (exact) mass is 308 g/mol. The van der Waals surface area contributed by atoms with Crippen molar-refractivity contribution in [1.29, 1.82) is 0 Å². The van der Waals surface area contributed by atoms with Gasteiger partial charge in [-0.1, -0.05) is 63.1 Å². The predicted octanol–water partition coefficient (Wildman–Crippen LogP) is 5.67. The molecule has 0 radical (unpaired) electrons. The molecule has 0 amide bonds. The van der Waals surface area contributed by atoms with Crippen LogP contribution in [-0.2, 0) is 6.42 Å². The van der Waals surface area contributed by atoms with Crippen molar-refractivity contribution in [3.05, 3.63) is 71.3 Å². The van der Waals surface area contributed by atoms with Gasteiger partial charge in [-0.2, -0.15) is 0 Å². The van der Waals surface area contributed by atoms with E-state index in [0.29, 0.717) is 11.3 Å². The summed E-state index contributed by atoms with van der Waals surface area (Å²) in [7, 11) is 0. The van der Waals surface area contributed by atoms with Crippen LogP contribution in [0.3, 0.4) is 0 Å². The fourth-order valence-electron chi connectivity index (χ4n) is 2.30. The van der Waals surface area contributed by atoms with Gasteiger partial charge in [0.2, 0.25) is 0 Å². The molecule has 2 aromatic rings. The zero-order valence-corrected chi connectivity index (χ0v) is 13.9. The fourth-order valence-corrected chi connectivity index (χ4v) is 2.30. The average molecular weight is 308 g/mol.